The first-order chi connectivity index (χ1) is 12.4. The summed E-state index contributed by atoms with van der Waals surface area (Å²) < 4.78 is 45.4. The molecular formula is C18H19FN2O4S. The maximum Gasteiger partial charge on any atom is 0.255 e. The first-order valence-electron chi connectivity index (χ1n) is 8.17. The largest absolute Gasteiger partial charge is 0.495 e. The van der Waals surface area contributed by atoms with Gasteiger partial charge in [0.2, 0.25) is 10.0 Å². The Labute approximate surface area is 151 Å². The summed E-state index contributed by atoms with van der Waals surface area (Å²) in [6.07, 6.45) is 1.66. The molecule has 1 N–H and O–H groups in total. The number of hydrogen-bond acceptors (Lipinski definition) is 4. The van der Waals surface area contributed by atoms with Gasteiger partial charge in [0.05, 0.1) is 17.7 Å². The van der Waals surface area contributed by atoms with Gasteiger partial charge in [-0.1, -0.05) is 6.07 Å². The highest BCUT2D eigenvalue weighted by molar-refractivity contribution is 7.89. The van der Waals surface area contributed by atoms with E-state index in [1.165, 1.54) is 47.8 Å². The molecule has 2 aromatic carbocycles. The molecule has 0 spiro atoms. The molecule has 0 radical (unpaired) electrons. The van der Waals surface area contributed by atoms with Crippen LogP contribution in [0, 0.1) is 5.82 Å². The number of methoxy groups -OCH3 is 1. The number of hydrogen-bond donors (Lipinski definition) is 1. The monoisotopic (exact) mass is 378 g/mol. The summed E-state index contributed by atoms with van der Waals surface area (Å²) in [5, 5.41) is 2.59. The van der Waals surface area contributed by atoms with Gasteiger partial charge in [0.15, 0.2) is 0 Å². The molecule has 0 aliphatic carbocycles. The van der Waals surface area contributed by atoms with Crippen LogP contribution in [0.2, 0.25) is 0 Å². The Bertz CT molecular complexity index is 925. The number of carbonyl (C=O) groups is 1. The lowest BCUT2D eigenvalue weighted by Crippen LogP contribution is -2.28. The number of halogens is 1. The van der Waals surface area contributed by atoms with E-state index in [4.69, 9.17) is 4.74 Å². The van der Waals surface area contributed by atoms with Crippen LogP contribution < -0.4 is 10.1 Å². The minimum absolute atomic E-state index is 0.0785. The van der Waals surface area contributed by atoms with E-state index < -0.39 is 21.7 Å². The number of nitrogens with zero attached hydrogens (tertiary/aromatic N) is 1. The Hall–Kier alpha value is -2.45. The van der Waals surface area contributed by atoms with Crippen molar-refractivity contribution in [2.75, 3.05) is 25.5 Å². The highest BCUT2D eigenvalue weighted by Gasteiger charge is 2.28. The normalized spacial score (nSPS) is 15.0. The third-order valence-corrected chi connectivity index (χ3v) is 6.10. The average molecular weight is 378 g/mol. The van der Waals surface area contributed by atoms with E-state index in [1.54, 1.807) is 0 Å². The van der Waals surface area contributed by atoms with Gasteiger partial charge in [-0.2, -0.15) is 4.31 Å². The summed E-state index contributed by atoms with van der Waals surface area (Å²) in [7, 11) is -2.21. The Balaban J connectivity index is 1.92. The maximum atomic E-state index is 13.3. The van der Waals surface area contributed by atoms with Crippen molar-refractivity contribution in [2.24, 2.45) is 0 Å². The van der Waals surface area contributed by atoms with Crippen molar-refractivity contribution in [1.82, 2.24) is 4.31 Å². The van der Waals surface area contributed by atoms with E-state index in [0.29, 0.717) is 18.8 Å². The molecule has 1 heterocycles. The van der Waals surface area contributed by atoms with Gasteiger partial charge in [0, 0.05) is 18.7 Å². The summed E-state index contributed by atoms with van der Waals surface area (Å²) in [6.45, 7) is 0.971. The van der Waals surface area contributed by atoms with E-state index >= 15 is 0 Å². The second-order valence-electron chi connectivity index (χ2n) is 5.94. The van der Waals surface area contributed by atoms with Gasteiger partial charge in [-0.3, -0.25) is 4.79 Å². The van der Waals surface area contributed by atoms with Crippen LogP contribution in [0.3, 0.4) is 0 Å². The molecule has 1 fully saturated rings. The average Bonchev–Trinajstić information content (AvgIpc) is 3.17. The number of ether oxygens (including phenoxy) is 1. The number of amides is 1. The molecule has 8 heteroatoms. The van der Waals surface area contributed by atoms with E-state index in [2.05, 4.69) is 5.32 Å². The van der Waals surface area contributed by atoms with Crippen LogP contribution in [0.5, 0.6) is 5.75 Å². The zero-order chi connectivity index (χ0) is 18.7. The second-order valence-corrected chi connectivity index (χ2v) is 7.88. The van der Waals surface area contributed by atoms with E-state index in [-0.39, 0.29) is 16.1 Å². The fraction of sp³-hybridized carbons (Fsp3) is 0.278. The van der Waals surface area contributed by atoms with Crippen molar-refractivity contribution >= 4 is 21.6 Å². The van der Waals surface area contributed by atoms with Crippen molar-refractivity contribution in [3.8, 4) is 5.75 Å². The van der Waals surface area contributed by atoms with Crippen LogP contribution in [0.1, 0.15) is 23.2 Å². The molecule has 1 aliphatic heterocycles. The van der Waals surface area contributed by atoms with Crippen LogP contribution >= 0.6 is 0 Å². The van der Waals surface area contributed by atoms with E-state index in [1.807, 2.05) is 0 Å². The molecule has 0 unspecified atom stereocenters. The fourth-order valence-electron chi connectivity index (χ4n) is 2.85. The number of sulfonamides is 1. The van der Waals surface area contributed by atoms with Gasteiger partial charge in [-0.15, -0.1) is 0 Å². The summed E-state index contributed by atoms with van der Waals surface area (Å²) in [5.74, 6) is -0.774. The highest BCUT2D eigenvalue weighted by Crippen LogP contribution is 2.30. The van der Waals surface area contributed by atoms with Crippen LogP contribution in [0.4, 0.5) is 10.1 Å². The Morgan fingerprint density at radius 1 is 1.15 bits per heavy atom. The fourth-order valence-corrected chi connectivity index (χ4v) is 4.39. The van der Waals surface area contributed by atoms with Gasteiger partial charge >= 0.3 is 0 Å². The minimum atomic E-state index is -3.63. The standard InChI is InChI=1S/C18H19FN2O4S/c1-25-17-8-7-15(26(23,24)21-9-2-3-10-21)12-16(17)20-18(22)13-5-4-6-14(19)11-13/h4-8,11-12H,2-3,9-10H2,1H3,(H,20,22). The predicted octanol–water partition coefficient (Wildman–Crippen LogP) is 2.87. The third kappa shape index (κ3) is 3.71. The molecule has 2 aromatic rings. The number of rotatable bonds is 5. The Morgan fingerprint density at radius 2 is 1.88 bits per heavy atom. The van der Waals surface area contributed by atoms with Gasteiger partial charge in [0.1, 0.15) is 11.6 Å². The Kier molecular flexibility index (Phi) is 5.24. The molecule has 1 saturated heterocycles. The minimum Gasteiger partial charge on any atom is -0.495 e. The molecule has 1 aliphatic rings. The molecule has 0 bridgehead atoms. The van der Waals surface area contributed by atoms with E-state index in [0.717, 1.165) is 18.9 Å². The molecule has 138 valence electrons. The van der Waals surface area contributed by atoms with Crippen molar-refractivity contribution in [1.29, 1.82) is 0 Å². The smallest absolute Gasteiger partial charge is 0.255 e. The van der Waals surface area contributed by atoms with Crippen molar-refractivity contribution < 1.29 is 22.3 Å². The summed E-state index contributed by atoms with van der Waals surface area (Å²) in [6, 6.07) is 9.54. The van der Waals surface area contributed by atoms with Crippen LogP contribution in [0.15, 0.2) is 47.4 Å². The van der Waals surface area contributed by atoms with Crippen LogP contribution in [0.25, 0.3) is 0 Å². The van der Waals surface area contributed by atoms with Gasteiger partial charge in [0.25, 0.3) is 5.91 Å². The number of benzene rings is 2. The topological polar surface area (TPSA) is 75.7 Å². The van der Waals surface area contributed by atoms with Gasteiger partial charge in [-0.05, 0) is 49.2 Å². The van der Waals surface area contributed by atoms with Crippen LogP contribution in [-0.2, 0) is 10.0 Å². The molecule has 0 saturated carbocycles. The second kappa shape index (κ2) is 7.43. The van der Waals surface area contributed by atoms with Crippen molar-refractivity contribution in [2.45, 2.75) is 17.7 Å². The lowest BCUT2D eigenvalue weighted by atomic mass is 10.2. The predicted molar refractivity (Wildman–Crippen MR) is 95.3 cm³/mol. The molecule has 3 rings (SSSR count). The molecule has 0 aromatic heterocycles. The number of carbonyl (C=O) groups excluding carboxylic acids is 1. The zero-order valence-corrected chi connectivity index (χ0v) is 15.1. The molecule has 26 heavy (non-hydrogen) atoms. The first kappa shape index (κ1) is 18.3. The Morgan fingerprint density at radius 3 is 2.54 bits per heavy atom. The summed E-state index contributed by atoms with van der Waals surface area (Å²) >= 11 is 0. The first-order valence-corrected chi connectivity index (χ1v) is 9.61. The molecular weight excluding hydrogens is 359 g/mol. The van der Waals surface area contributed by atoms with Gasteiger partial charge in [-0.25, -0.2) is 12.8 Å². The number of nitrogens with one attached hydrogen (secondary N) is 1. The quantitative estimate of drug-likeness (QED) is 0.868. The SMILES string of the molecule is COc1ccc(S(=O)(=O)N2CCCC2)cc1NC(=O)c1cccc(F)c1. The molecule has 0 atom stereocenters. The van der Waals surface area contributed by atoms with Crippen molar-refractivity contribution in [3.63, 3.8) is 0 Å². The third-order valence-electron chi connectivity index (χ3n) is 4.21. The van der Waals surface area contributed by atoms with E-state index in [9.17, 15) is 17.6 Å². The zero-order valence-electron chi connectivity index (χ0n) is 14.2. The summed E-state index contributed by atoms with van der Waals surface area (Å²) in [5.41, 5.74) is 0.335. The lowest BCUT2D eigenvalue weighted by Gasteiger charge is -2.17. The van der Waals surface area contributed by atoms with Gasteiger partial charge < -0.3 is 10.1 Å². The molecule has 1 amide bonds. The van der Waals surface area contributed by atoms with Crippen LogP contribution in [-0.4, -0.2) is 38.8 Å². The molecule has 6 nitrogen and oxygen atoms in total. The maximum absolute atomic E-state index is 13.3. The van der Waals surface area contributed by atoms with Crippen molar-refractivity contribution in [3.05, 3.63) is 53.8 Å². The lowest BCUT2D eigenvalue weighted by molar-refractivity contribution is 0.102. The summed E-state index contributed by atoms with van der Waals surface area (Å²) in [4.78, 5) is 12.4. The number of anilines is 1. The highest BCUT2D eigenvalue weighted by atomic mass is 32.2.